The molecule has 0 radical (unpaired) electrons. The summed E-state index contributed by atoms with van der Waals surface area (Å²) in [4.78, 5) is 25.5. The topological polar surface area (TPSA) is 87.3 Å². The van der Waals surface area contributed by atoms with Crippen molar-refractivity contribution < 1.29 is 9.53 Å². The predicted molar refractivity (Wildman–Crippen MR) is 89.4 cm³/mol. The van der Waals surface area contributed by atoms with Crippen LogP contribution in [-0.2, 0) is 4.74 Å². The average Bonchev–Trinajstić information content (AvgIpc) is 2.91. The summed E-state index contributed by atoms with van der Waals surface area (Å²) < 4.78 is 5.52. The molecule has 8 heteroatoms. The third kappa shape index (κ3) is 2.85. The van der Waals surface area contributed by atoms with Crippen LogP contribution in [0.3, 0.4) is 0 Å². The maximum absolute atomic E-state index is 12.0. The highest BCUT2D eigenvalue weighted by molar-refractivity contribution is 6.33. The van der Waals surface area contributed by atoms with E-state index < -0.39 is 5.56 Å². The second-order valence-electron chi connectivity index (χ2n) is 7.26. The molecular weight excluding hydrogens is 332 g/mol. The molecule has 1 aliphatic heterocycles. The van der Waals surface area contributed by atoms with Gasteiger partial charge in [-0.1, -0.05) is 18.0 Å². The van der Waals surface area contributed by atoms with Crippen LogP contribution in [0.25, 0.3) is 0 Å². The van der Waals surface area contributed by atoms with Crippen molar-refractivity contribution in [1.29, 1.82) is 0 Å². The van der Waals surface area contributed by atoms with Gasteiger partial charge in [-0.15, -0.1) is 0 Å². The molecule has 1 atom stereocenters. The van der Waals surface area contributed by atoms with Gasteiger partial charge in [-0.25, -0.2) is 9.89 Å². The highest BCUT2D eigenvalue weighted by Crippen LogP contribution is 2.55. The summed E-state index contributed by atoms with van der Waals surface area (Å²) in [5, 5.41) is 9.16. The van der Waals surface area contributed by atoms with Crippen LogP contribution in [-0.4, -0.2) is 41.5 Å². The highest BCUT2D eigenvalue weighted by Gasteiger charge is 2.48. The summed E-state index contributed by atoms with van der Waals surface area (Å²) in [7, 11) is 0. The van der Waals surface area contributed by atoms with Crippen molar-refractivity contribution in [3.8, 4) is 0 Å². The molecular formula is C16H21ClN4O3. The molecule has 1 saturated heterocycles. The monoisotopic (exact) mass is 352 g/mol. The summed E-state index contributed by atoms with van der Waals surface area (Å²) in [5.41, 5.74) is 0.704. The van der Waals surface area contributed by atoms with E-state index in [1.807, 2.05) is 4.90 Å². The predicted octanol–water partition coefficient (Wildman–Crippen LogP) is 2.06. The molecule has 7 nitrogen and oxygen atoms in total. The number of alkyl carbamates (subject to hydrolysis) is 1. The van der Waals surface area contributed by atoms with Gasteiger partial charge >= 0.3 is 6.09 Å². The largest absolute Gasteiger partial charge is 0.444 e. The number of hydrogen-bond donors (Lipinski definition) is 2. The van der Waals surface area contributed by atoms with E-state index in [1.54, 1.807) is 0 Å². The molecule has 2 aliphatic carbocycles. The van der Waals surface area contributed by atoms with Gasteiger partial charge in [0, 0.05) is 19.0 Å². The van der Waals surface area contributed by atoms with Gasteiger partial charge in [-0.3, -0.25) is 4.79 Å². The average molecular weight is 353 g/mol. The van der Waals surface area contributed by atoms with E-state index in [2.05, 4.69) is 15.5 Å². The van der Waals surface area contributed by atoms with Crippen LogP contribution in [0.2, 0.25) is 5.02 Å². The van der Waals surface area contributed by atoms with E-state index in [0.717, 1.165) is 12.8 Å². The number of amides is 1. The fourth-order valence-corrected chi connectivity index (χ4v) is 4.37. The molecule has 2 N–H and O–H groups in total. The minimum absolute atomic E-state index is 0.121. The van der Waals surface area contributed by atoms with Crippen LogP contribution >= 0.6 is 11.6 Å². The highest BCUT2D eigenvalue weighted by atomic mass is 35.5. The Labute approximate surface area is 144 Å². The molecule has 4 rings (SSSR count). The van der Waals surface area contributed by atoms with Gasteiger partial charge in [-0.05, 0) is 31.1 Å². The first-order valence-corrected chi connectivity index (χ1v) is 8.88. The number of nitrogens with one attached hydrogen (secondary N) is 2. The van der Waals surface area contributed by atoms with Crippen molar-refractivity contribution >= 4 is 23.4 Å². The van der Waals surface area contributed by atoms with Crippen LogP contribution in [0.1, 0.15) is 38.5 Å². The zero-order valence-electron chi connectivity index (χ0n) is 13.4. The van der Waals surface area contributed by atoms with Gasteiger partial charge < -0.3 is 15.0 Å². The lowest BCUT2D eigenvalue weighted by Gasteiger charge is -2.54. The van der Waals surface area contributed by atoms with Crippen LogP contribution in [0, 0.1) is 5.41 Å². The van der Waals surface area contributed by atoms with Gasteiger partial charge in [0.2, 0.25) is 0 Å². The molecule has 2 heterocycles. The maximum Gasteiger partial charge on any atom is 0.407 e. The summed E-state index contributed by atoms with van der Waals surface area (Å²) in [5.74, 6) is 0. The molecule has 1 spiro atoms. The Morgan fingerprint density at radius 1 is 1.46 bits per heavy atom. The molecule has 1 aromatic heterocycles. The summed E-state index contributed by atoms with van der Waals surface area (Å²) in [6.07, 6.45) is 7.83. The molecule has 24 heavy (non-hydrogen) atoms. The zero-order chi connectivity index (χ0) is 16.7. The lowest BCUT2D eigenvalue weighted by molar-refractivity contribution is -0.00427. The molecule has 1 unspecified atom stereocenters. The maximum atomic E-state index is 12.0. The number of aromatic nitrogens is 2. The Morgan fingerprint density at radius 2 is 2.25 bits per heavy atom. The lowest BCUT2D eigenvalue weighted by atomic mass is 9.54. The molecule has 2 saturated carbocycles. The van der Waals surface area contributed by atoms with E-state index >= 15 is 0 Å². The lowest BCUT2D eigenvalue weighted by Crippen LogP contribution is -2.54. The molecule has 0 bridgehead atoms. The van der Waals surface area contributed by atoms with Gasteiger partial charge in [0.05, 0.1) is 18.4 Å². The second-order valence-corrected chi connectivity index (χ2v) is 7.64. The smallest absolute Gasteiger partial charge is 0.407 e. The number of rotatable bonds is 3. The number of hydrogen-bond acceptors (Lipinski definition) is 5. The number of aromatic amines is 1. The van der Waals surface area contributed by atoms with Crippen LogP contribution in [0.5, 0.6) is 0 Å². The molecule has 1 amide bonds. The van der Waals surface area contributed by atoms with Crippen molar-refractivity contribution in [2.75, 3.05) is 18.0 Å². The van der Waals surface area contributed by atoms with Crippen molar-refractivity contribution in [1.82, 2.24) is 15.5 Å². The number of H-pyrrole nitrogens is 1. The van der Waals surface area contributed by atoms with Crippen molar-refractivity contribution in [2.24, 2.45) is 5.41 Å². The summed E-state index contributed by atoms with van der Waals surface area (Å²) >= 11 is 6.02. The third-order valence-electron chi connectivity index (χ3n) is 5.63. The fraction of sp³-hybridized carbons (Fsp3) is 0.688. The normalized spacial score (nSPS) is 25.2. The van der Waals surface area contributed by atoms with E-state index in [-0.39, 0.29) is 23.3 Å². The Morgan fingerprint density at radius 3 is 2.96 bits per heavy atom. The zero-order valence-corrected chi connectivity index (χ0v) is 14.1. The van der Waals surface area contributed by atoms with E-state index in [0.29, 0.717) is 30.6 Å². The first-order chi connectivity index (χ1) is 11.5. The first-order valence-electron chi connectivity index (χ1n) is 8.50. The SMILES string of the molecule is O=C(NC1CC2(CCC2)C1)OC1CCN(c2cn[nH]c(=O)c2Cl)C1. The Hall–Kier alpha value is -1.76. The summed E-state index contributed by atoms with van der Waals surface area (Å²) in [6.45, 7) is 1.20. The van der Waals surface area contributed by atoms with Gasteiger partial charge in [0.1, 0.15) is 11.1 Å². The number of ether oxygens (including phenoxy) is 1. The third-order valence-corrected chi connectivity index (χ3v) is 6.00. The Bertz CT molecular complexity index is 695. The van der Waals surface area contributed by atoms with Crippen LogP contribution in [0.15, 0.2) is 11.0 Å². The van der Waals surface area contributed by atoms with E-state index in [1.165, 1.54) is 25.5 Å². The summed E-state index contributed by atoms with van der Waals surface area (Å²) in [6, 6.07) is 0.265. The number of nitrogens with zero attached hydrogens (tertiary/aromatic N) is 2. The minimum Gasteiger partial charge on any atom is -0.444 e. The molecule has 0 aromatic carbocycles. The number of halogens is 1. The standard InChI is InChI=1S/C16H21ClN4O3/c17-13-12(8-18-20-14(13)22)21-5-2-11(9-21)24-15(23)19-10-6-16(7-10)3-1-4-16/h8,10-11H,1-7,9H2,(H,19,23)(H,20,22). The van der Waals surface area contributed by atoms with Crippen molar-refractivity contribution in [3.63, 3.8) is 0 Å². The molecule has 3 aliphatic rings. The number of carbonyl (C=O) groups is 1. The van der Waals surface area contributed by atoms with E-state index in [9.17, 15) is 9.59 Å². The quantitative estimate of drug-likeness (QED) is 0.869. The van der Waals surface area contributed by atoms with E-state index in [4.69, 9.17) is 16.3 Å². The van der Waals surface area contributed by atoms with Gasteiger partial charge in [0.25, 0.3) is 5.56 Å². The van der Waals surface area contributed by atoms with Crippen molar-refractivity contribution in [3.05, 3.63) is 21.6 Å². The Balaban J connectivity index is 1.27. The van der Waals surface area contributed by atoms with Gasteiger partial charge in [0.15, 0.2) is 0 Å². The molecule has 3 fully saturated rings. The number of carbonyl (C=O) groups excluding carboxylic acids is 1. The second kappa shape index (κ2) is 5.95. The minimum atomic E-state index is -0.411. The van der Waals surface area contributed by atoms with Crippen LogP contribution < -0.4 is 15.8 Å². The Kier molecular flexibility index (Phi) is 3.90. The van der Waals surface area contributed by atoms with Crippen LogP contribution in [0.4, 0.5) is 10.5 Å². The first kappa shape index (κ1) is 15.7. The molecule has 1 aromatic rings. The van der Waals surface area contributed by atoms with Gasteiger partial charge in [-0.2, -0.15) is 5.10 Å². The van der Waals surface area contributed by atoms with Crippen molar-refractivity contribution in [2.45, 2.75) is 50.7 Å². The fourth-order valence-electron chi connectivity index (χ4n) is 4.16. The molecule has 130 valence electrons. The number of anilines is 1.